The van der Waals surface area contributed by atoms with Gasteiger partial charge in [-0.2, -0.15) is 8.42 Å². The van der Waals surface area contributed by atoms with E-state index >= 15 is 0 Å². The second-order valence-corrected chi connectivity index (χ2v) is 9.94. The Morgan fingerprint density at radius 3 is 1.02 bits per heavy atom. The Hall–Kier alpha value is -1.27. The molecule has 0 spiro atoms. The summed E-state index contributed by atoms with van der Waals surface area (Å²) in [6.07, 6.45) is 0. The van der Waals surface area contributed by atoms with E-state index in [4.69, 9.17) is 51.9 Å². The fourth-order valence-corrected chi connectivity index (χ4v) is 3.79. The monoisotopic (exact) mass is 612 g/mol. The van der Waals surface area contributed by atoms with Crippen molar-refractivity contribution in [3.05, 3.63) is 29.8 Å². The lowest BCUT2D eigenvalue weighted by Crippen LogP contribution is -2.15. The molecule has 0 aromatic heterocycles. The fourth-order valence-electron chi connectivity index (χ4n) is 2.90. The highest BCUT2D eigenvalue weighted by molar-refractivity contribution is 7.86. The van der Waals surface area contributed by atoms with Gasteiger partial charge in [-0.05, 0) is 19.1 Å². The van der Waals surface area contributed by atoms with E-state index in [2.05, 4.69) is 0 Å². The second kappa shape index (κ2) is 27.6. The standard InChI is InChI=1S/C27H48O13S/c1-26-2-4-27(5-3-26)41(29,30)40-25-24-39-23-22-38-21-20-37-19-18-36-17-16-35-15-14-34-13-12-33-11-10-32-9-8-31-7-6-28/h2-5,28H,6-25H2,1H3. The summed E-state index contributed by atoms with van der Waals surface area (Å²) >= 11 is 0. The summed E-state index contributed by atoms with van der Waals surface area (Å²) in [5.41, 5.74) is 0.974. The summed E-state index contributed by atoms with van der Waals surface area (Å²) in [6, 6.07) is 6.47. The Bertz CT molecular complexity index is 793. The normalized spacial score (nSPS) is 11.9. The van der Waals surface area contributed by atoms with Crippen LogP contribution in [-0.2, 0) is 56.9 Å². The predicted molar refractivity (Wildman–Crippen MR) is 149 cm³/mol. The van der Waals surface area contributed by atoms with Gasteiger partial charge in [-0.1, -0.05) is 17.7 Å². The maximum absolute atomic E-state index is 12.0. The van der Waals surface area contributed by atoms with Crippen molar-refractivity contribution in [1.82, 2.24) is 0 Å². The van der Waals surface area contributed by atoms with Gasteiger partial charge in [-0.25, -0.2) is 0 Å². The van der Waals surface area contributed by atoms with Crippen LogP contribution in [0, 0.1) is 6.92 Å². The molecule has 14 heteroatoms. The van der Waals surface area contributed by atoms with Crippen LogP contribution in [0.4, 0.5) is 0 Å². The molecular formula is C27H48O13S. The average molecular weight is 613 g/mol. The maximum atomic E-state index is 12.0. The van der Waals surface area contributed by atoms with E-state index in [1.807, 2.05) is 6.92 Å². The zero-order valence-electron chi connectivity index (χ0n) is 24.2. The first-order chi connectivity index (χ1) is 20.1. The number of hydrogen-bond acceptors (Lipinski definition) is 13. The number of aryl methyl sites for hydroxylation is 1. The van der Waals surface area contributed by atoms with Crippen LogP contribution in [0.5, 0.6) is 0 Å². The summed E-state index contributed by atoms with van der Waals surface area (Å²) in [6.45, 7) is 9.63. The summed E-state index contributed by atoms with van der Waals surface area (Å²) < 4.78 is 77.3. The number of rotatable bonds is 31. The fraction of sp³-hybridized carbons (Fsp3) is 0.778. The Kier molecular flexibility index (Phi) is 25.4. The van der Waals surface area contributed by atoms with Crippen LogP contribution < -0.4 is 0 Å². The average Bonchev–Trinajstić information content (AvgIpc) is 2.96. The number of ether oxygens (including phenoxy) is 9. The minimum absolute atomic E-state index is 0.0180. The molecule has 1 rings (SSSR count). The van der Waals surface area contributed by atoms with Gasteiger partial charge in [-0.15, -0.1) is 0 Å². The molecule has 0 bridgehead atoms. The predicted octanol–water partition coefficient (Wildman–Crippen LogP) is 0.842. The highest BCUT2D eigenvalue weighted by Crippen LogP contribution is 2.12. The molecule has 0 aliphatic carbocycles. The summed E-state index contributed by atoms with van der Waals surface area (Å²) in [7, 11) is -3.77. The molecule has 13 nitrogen and oxygen atoms in total. The summed E-state index contributed by atoms with van der Waals surface area (Å²) in [5.74, 6) is 0. The molecule has 240 valence electrons. The molecule has 0 radical (unpaired) electrons. The first kappa shape index (κ1) is 37.8. The zero-order valence-corrected chi connectivity index (χ0v) is 25.0. The van der Waals surface area contributed by atoms with Gasteiger partial charge in [0.05, 0.1) is 137 Å². The van der Waals surface area contributed by atoms with E-state index in [0.29, 0.717) is 112 Å². The second-order valence-electron chi connectivity index (χ2n) is 8.32. The van der Waals surface area contributed by atoms with Gasteiger partial charge in [0, 0.05) is 0 Å². The Labute approximate surface area is 244 Å². The molecule has 0 saturated heterocycles. The Morgan fingerprint density at radius 1 is 0.463 bits per heavy atom. The number of aliphatic hydroxyl groups excluding tert-OH is 1. The van der Waals surface area contributed by atoms with Crippen molar-refractivity contribution in [2.45, 2.75) is 11.8 Å². The summed E-state index contributed by atoms with van der Waals surface area (Å²) in [5, 5.41) is 8.56. The minimum atomic E-state index is -3.77. The van der Waals surface area contributed by atoms with Crippen LogP contribution in [0.1, 0.15) is 5.56 Å². The van der Waals surface area contributed by atoms with E-state index in [9.17, 15) is 8.42 Å². The van der Waals surface area contributed by atoms with E-state index < -0.39 is 10.1 Å². The molecule has 1 aromatic rings. The molecule has 0 aliphatic heterocycles. The van der Waals surface area contributed by atoms with E-state index in [1.165, 1.54) is 12.1 Å². The van der Waals surface area contributed by atoms with Crippen molar-refractivity contribution < 1.29 is 60.3 Å². The van der Waals surface area contributed by atoms with Crippen LogP contribution in [0.15, 0.2) is 29.2 Å². The molecule has 0 fully saturated rings. The van der Waals surface area contributed by atoms with Crippen LogP contribution >= 0.6 is 0 Å². The van der Waals surface area contributed by atoms with Gasteiger partial charge < -0.3 is 47.7 Å². The third-order valence-corrected chi connectivity index (χ3v) is 6.31. The smallest absolute Gasteiger partial charge is 0.297 e. The topological polar surface area (TPSA) is 147 Å². The number of hydrogen-bond donors (Lipinski definition) is 1. The van der Waals surface area contributed by atoms with E-state index in [-0.39, 0.29) is 24.7 Å². The molecule has 41 heavy (non-hydrogen) atoms. The van der Waals surface area contributed by atoms with Crippen molar-refractivity contribution in [3.63, 3.8) is 0 Å². The third-order valence-electron chi connectivity index (χ3n) is 4.99. The molecule has 1 aromatic carbocycles. The van der Waals surface area contributed by atoms with Crippen molar-refractivity contribution in [2.75, 3.05) is 132 Å². The van der Waals surface area contributed by atoms with Gasteiger partial charge in [0.2, 0.25) is 0 Å². The van der Waals surface area contributed by atoms with Crippen LogP contribution in [0.3, 0.4) is 0 Å². The van der Waals surface area contributed by atoms with Crippen LogP contribution in [0.25, 0.3) is 0 Å². The van der Waals surface area contributed by atoms with E-state index in [1.54, 1.807) is 12.1 Å². The summed E-state index contributed by atoms with van der Waals surface area (Å²) in [4.78, 5) is 0.127. The van der Waals surface area contributed by atoms with Gasteiger partial charge >= 0.3 is 0 Å². The molecule has 1 N–H and O–H groups in total. The Morgan fingerprint density at radius 2 is 0.732 bits per heavy atom. The maximum Gasteiger partial charge on any atom is 0.297 e. The van der Waals surface area contributed by atoms with Gasteiger partial charge in [0.25, 0.3) is 10.1 Å². The van der Waals surface area contributed by atoms with Crippen LogP contribution in [0.2, 0.25) is 0 Å². The number of benzene rings is 1. The largest absolute Gasteiger partial charge is 0.394 e. The van der Waals surface area contributed by atoms with Crippen molar-refractivity contribution in [2.24, 2.45) is 0 Å². The lowest BCUT2D eigenvalue weighted by Gasteiger charge is -2.09. The van der Waals surface area contributed by atoms with Crippen molar-refractivity contribution in [1.29, 1.82) is 0 Å². The molecule has 0 amide bonds. The van der Waals surface area contributed by atoms with E-state index in [0.717, 1.165) is 5.56 Å². The SMILES string of the molecule is Cc1ccc(S(=O)(=O)OCCOCCOCCOCCOCCOCCOCCOCCOCCOCCO)cc1. The first-order valence-corrected chi connectivity index (χ1v) is 15.2. The molecular weight excluding hydrogens is 564 g/mol. The molecule has 0 heterocycles. The number of aliphatic hydroxyl groups is 1. The molecule has 0 aliphatic rings. The molecule has 0 unspecified atom stereocenters. The van der Waals surface area contributed by atoms with Crippen molar-refractivity contribution >= 4 is 10.1 Å². The highest BCUT2D eigenvalue weighted by atomic mass is 32.2. The third kappa shape index (κ3) is 23.9. The lowest BCUT2D eigenvalue weighted by molar-refractivity contribution is -0.0258. The lowest BCUT2D eigenvalue weighted by atomic mass is 10.2. The Balaban J connectivity index is 1.71. The van der Waals surface area contributed by atoms with Gasteiger partial charge in [-0.3, -0.25) is 4.18 Å². The molecule has 0 atom stereocenters. The molecule has 0 saturated carbocycles. The minimum Gasteiger partial charge on any atom is -0.394 e. The van der Waals surface area contributed by atoms with Gasteiger partial charge in [0.15, 0.2) is 0 Å². The highest BCUT2D eigenvalue weighted by Gasteiger charge is 2.14. The zero-order chi connectivity index (χ0) is 29.7. The van der Waals surface area contributed by atoms with Crippen molar-refractivity contribution in [3.8, 4) is 0 Å². The quantitative estimate of drug-likeness (QED) is 0.0934. The van der Waals surface area contributed by atoms with Gasteiger partial charge in [0.1, 0.15) is 0 Å². The first-order valence-electron chi connectivity index (χ1n) is 13.8. The van der Waals surface area contributed by atoms with Crippen LogP contribution in [-0.4, -0.2) is 146 Å².